The van der Waals surface area contributed by atoms with Gasteiger partial charge >= 0.3 is 11.9 Å². The van der Waals surface area contributed by atoms with Crippen molar-refractivity contribution in [2.75, 3.05) is 0 Å². The number of nitrogens with one attached hydrogen (secondary N) is 1. The molecule has 9 heteroatoms. The minimum absolute atomic E-state index is 0.138. The summed E-state index contributed by atoms with van der Waals surface area (Å²) in [5, 5.41) is 9.22. The van der Waals surface area contributed by atoms with E-state index in [1.54, 1.807) is 20.8 Å². The van der Waals surface area contributed by atoms with Gasteiger partial charge in [-0.15, -0.1) is 0 Å². The molecule has 0 heterocycles. The van der Waals surface area contributed by atoms with Crippen LogP contribution < -0.4 is 4.72 Å². The molecule has 2 N–H and O–H groups in total. The zero-order valence-electron chi connectivity index (χ0n) is 12.9. The Morgan fingerprint density at radius 1 is 1.26 bits per heavy atom. The number of aliphatic carboxylic acids is 1. The Balaban J connectivity index is 3.02. The molecule has 128 valence electrons. The highest BCUT2D eigenvalue weighted by Crippen LogP contribution is 2.16. The van der Waals surface area contributed by atoms with Crippen molar-refractivity contribution in [3.63, 3.8) is 0 Å². The van der Waals surface area contributed by atoms with Crippen LogP contribution in [0.2, 0.25) is 5.02 Å². The largest absolute Gasteiger partial charge is 0.481 e. The first-order valence-electron chi connectivity index (χ1n) is 6.63. The van der Waals surface area contributed by atoms with Crippen LogP contribution in [0.3, 0.4) is 0 Å². The van der Waals surface area contributed by atoms with E-state index in [2.05, 4.69) is 4.72 Å². The van der Waals surface area contributed by atoms with Gasteiger partial charge in [0, 0.05) is 5.02 Å². The lowest BCUT2D eigenvalue weighted by Crippen LogP contribution is -2.45. The predicted octanol–water partition coefficient (Wildman–Crippen LogP) is 1.80. The average molecular weight is 364 g/mol. The number of halogens is 1. The number of esters is 1. The Labute approximate surface area is 139 Å². The second-order valence-electron chi connectivity index (χ2n) is 5.76. The van der Waals surface area contributed by atoms with Crippen molar-refractivity contribution >= 4 is 33.6 Å². The van der Waals surface area contributed by atoms with Gasteiger partial charge in [-0.1, -0.05) is 11.6 Å². The van der Waals surface area contributed by atoms with E-state index in [0.29, 0.717) is 5.02 Å². The molecule has 0 saturated carbocycles. The Morgan fingerprint density at radius 3 is 2.22 bits per heavy atom. The van der Waals surface area contributed by atoms with Crippen LogP contribution >= 0.6 is 11.6 Å². The maximum Gasteiger partial charge on any atom is 0.325 e. The van der Waals surface area contributed by atoms with Crippen LogP contribution in [0.25, 0.3) is 0 Å². The minimum atomic E-state index is -4.10. The van der Waals surface area contributed by atoms with E-state index < -0.39 is 40.0 Å². The van der Waals surface area contributed by atoms with E-state index in [0.717, 1.165) is 0 Å². The molecular formula is C14H18ClNO6S. The van der Waals surface area contributed by atoms with Crippen molar-refractivity contribution in [3.05, 3.63) is 29.3 Å². The lowest BCUT2D eigenvalue weighted by atomic mass is 10.1. The van der Waals surface area contributed by atoms with Crippen LogP contribution in [0, 0.1) is 0 Å². The van der Waals surface area contributed by atoms with E-state index >= 15 is 0 Å². The molecule has 0 radical (unpaired) electrons. The van der Waals surface area contributed by atoms with Crippen molar-refractivity contribution in [1.82, 2.24) is 4.72 Å². The fourth-order valence-electron chi connectivity index (χ4n) is 1.59. The molecule has 1 rings (SSSR count). The third kappa shape index (κ3) is 6.55. The molecule has 23 heavy (non-hydrogen) atoms. The Hall–Kier alpha value is -1.64. The highest BCUT2D eigenvalue weighted by atomic mass is 35.5. The molecule has 0 spiro atoms. The average Bonchev–Trinajstić information content (AvgIpc) is 2.35. The predicted molar refractivity (Wildman–Crippen MR) is 83.7 cm³/mol. The highest BCUT2D eigenvalue weighted by Gasteiger charge is 2.31. The molecule has 0 aliphatic carbocycles. The third-order valence-corrected chi connectivity index (χ3v) is 4.23. The molecule has 1 aromatic rings. The van der Waals surface area contributed by atoms with Gasteiger partial charge in [-0.2, -0.15) is 4.72 Å². The van der Waals surface area contributed by atoms with Gasteiger partial charge in [0.05, 0.1) is 11.3 Å². The van der Waals surface area contributed by atoms with Crippen LogP contribution in [0.4, 0.5) is 0 Å². The quantitative estimate of drug-likeness (QED) is 0.746. The van der Waals surface area contributed by atoms with Crippen LogP contribution in [0.1, 0.15) is 27.2 Å². The van der Waals surface area contributed by atoms with E-state index in [4.69, 9.17) is 21.4 Å². The summed E-state index contributed by atoms with van der Waals surface area (Å²) in [6.45, 7) is 4.78. The lowest BCUT2D eigenvalue weighted by molar-refractivity contribution is -0.159. The lowest BCUT2D eigenvalue weighted by Gasteiger charge is -2.23. The van der Waals surface area contributed by atoms with Crippen molar-refractivity contribution in [1.29, 1.82) is 0 Å². The number of ether oxygens (including phenoxy) is 1. The highest BCUT2D eigenvalue weighted by molar-refractivity contribution is 7.89. The summed E-state index contributed by atoms with van der Waals surface area (Å²) in [5.41, 5.74) is -0.875. The molecule has 0 aliphatic rings. The monoisotopic (exact) mass is 363 g/mol. The zero-order chi connectivity index (χ0) is 17.8. The number of sulfonamides is 1. The first kappa shape index (κ1) is 19.4. The molecular weight excluding hydrogens is 346 g/mol. The van der Waals surface area contributed by atoms with Gasteiger partial charge < -0.3 is 9.84 Å². The number of hydrogen-bond donors (Lipinski definition) is 2. The number of carbonyl (C=O) groups excluding carboxylic acids is 1. The summed E-state index contributed by atoms with van der Waals surface area (Å²) < 4.78 is 31.6. The molecule has 0 bridgehead atoms. The number of benzene rings is 1. The Bertz CT molecular complexity index is 678. The molecule has 0 unspecified atom stereocenters. The van der Waals surface area contributed by atoms with Gasteiger partial charge in [0.1, 0.15) is 11.6 Å². The summed E-state index contributed by atoms with van der Waals surface area (Å²) in [5.74, 6) is -2.29. The second kappa shape index (κ2) is 7.29. The summed E-state index contributed by atoms with van der Waals surface area (Å²) in [6.07, 6.45) is -0.734. The first-order valence-corrected chi connectivity index (χ1v) is 8.49. The molecule has 0 aliphatic heterocycles. The summed E-state index contributed by atoms with van der Waals surface area (Å²) >= 11 is 5.69. The number of carboxylic acids is 1. The number of rotatable bonds is 6. The zero-order valence-corrected chi connectivity index (χ0v) is 14.4. The standard InChI is InChI=1S/C14H18ClNO6S/c1-14(2,3)22-13(19)11(8-12(17)18)16-23(20,21)10-6-4-9(15)5-7-10/h4-7,11,16H,8H2,1-3H3,(H,17,18)/t11-/m1/s1. The molecule has 7 nitrogen and oxygen atoms in total. The summed E-state index contributed by atoms with van der Waals surface area (Å²) in [4.78, 5) is 22.8. The van der Waals surface area contributed by atoms with Crippen LogP contribution in [0.5, 0.6) is 0 Å². The normalized spacial score (nSPS) is 13.4. The van der Waals surface area contributed by atoms with Gasteiger partial charge in [0.15, 0.2) is 0 Å². The molecule has 1 atom stereocenters. The second-order valence-corrected chi connectivity index (χ2v) is 7.91. The molecule has 0 fully saturated rings. The van der Waals surface area contributed by atoms with Crippen molar-refractivity contribution in [2.45, 2.75) is 43.7 Å². The maximum absolute atomic E-state index is 12.3. The third-order valence-electron chi connectivity index (χ3n) is 2.49. The van der Waals surface area contributed by atoms with Crippen molar-refractivity contribution in [2.24, 2.45) is 0 Å². The van der Waals surface area contributed by atoms with E-state index in [1.165, 1.54) is 24.3 Å². The summed E-state index contributed by atoms with van der Waals surface area (Å²) in [6, 6.07) is 3.70. The Kier molecular flexibility index (Phi) is 6.15. The maximum atomic E-state index is 12.3. The number of hydrogen-bond acceptors (Lipinski definition) is 5. The Morgan fingerprint density at radius 2 is 1.78 bits per heavy atom. The number of carbonyl (C=O) groups is 2. The fraction of sp³-hybridized carbons (Fsp3) is 0.429. The van der Waals surface area contributed by atoms with Gasteiger partial charge in [-0.25, -0.2) is 8.42 Å². The fourth-order valence-corrected chi connectivity index (χ4v) is 2.90. The minimum Gasteiger partial charge on any atom is -0.481 e. The van der Waals surface area contributed by atoms with Crippen LogP contribution in [-0.4, -0.2) is 37.1 Å². The SMILES string of the molecule is CC(C)(C)OC(=O)[C@@H](CC(=O)O)NS(=O)(=O)c1ccc(Cl)cc1. The van der Waals surface area contributed by atoms with Gasteiger partial charge in [0.2, 0.25) is 10.0 Å². The smallest absolute Gasteiger partial charge is 0.325 e. The van der Waals surface area contributed by atoms with E-state index in [9.17, 15) is 18.0 Å². The molecule has 0 amide bonds. The molecule has 1 aromatic carbocycles. The topological polar surface area (TPSA) is 110 Å². The van der Waals surface area contributed by atoms with Crippen molar-refractivity contribution < 1.29 is 27.9 Å². The number of carboxylic acid groups (broad SMARTS) is 1. The van der Waals surface area contributed by atoms with Crippen molar-refractivity contribution in [3.8, 4) is 0 Å². The van der Waals surface area contributed by atoms with Crippen LogP contribution in [0.15, 0.2) is 29.2 Å². The van der Waals surface area contributed by atoms with Gasteiger partial charge in [-0.3, -0.25) is 9.59 Å². The first-order chi connectivity index (χ1) is 10.4. The molecule has 0 saturated heterocycles. The molecule has 0 aromatic heterocycles. The van der Waals surface area contributed by atoms with Gasteiger partial charge in [0.25, 0.3) is 0 Å². The van der Waals surface area contributed by atoms with Crippen LogP contribution in [-0.2, 0) is 24.3 Å². The summed E-state index contributed by atoms with van der Waals surface area (Å²) in [7, 11) is -4.10. The van der Waals surface area contributed by atoms with E-state index in [1.807, 2.05) is 0 Å². The van der Waals surface area contributed by atoms with E-state index in [-0.39, 0.29) is 4.90 Å². The van der Waals surface area contributed by atoms with Gasteiger partial charge in [-0.05, 0) is 45.0 Å².